The van der Waals surface area contributed by atoms with Gasteiger partial charge in [0, 0.05) is 25.1 Å². The summed E-state index contributed by atoms with van der Waals surface area (Å²) in [6, 6.07) is 13.1. The zero-order chi connectivity index (χ0) is 22.4. The summed E-state index contributed by atoms with van der Waals surface area (Å²) >= 11 is 1.31. The van der Waals surface area contributed by atoms with Crippen LogP contribution in [0.15, 0.2) is 47.6 Å². The maximum absolute atomic E-state index is 12.6. The smallest absolute Gasteiger partial charge is 0.234 e. The maximum atomic E-state index is 12.6. The van der Waals surface area contributed by atoms with Gasteiger partial charge in [0.05, 0.1) is 24.2 Å². The molecule has 0 radical (unpaired) electrons. The number of carbonyl (C=O) groups is 2. The Morgan fingerprint density at radius 3 is 2.55 bits per heavy atom. The Hall–Kier alpha value is -3.33. The SMILES string of the molecule is CCn1c(SCC(=O)Nc2cc(OC)ccc2NC(C)=O)nnc1-c1ccccc1C. The first-order chi connectivity index (χ1) is 14.9. The summed E-state index contributed by atoms with van der Waals surface area (Å²) in [5.74, 6) is 1.04. The summed E-state index contributed by atoms with van der Waals surface area (Å²) in [7, 11) is 1.54. The van der Waals surface area contributed by atoms with Crippen LogP contribution in [0.1, 0.15) is 19.4 Å². The summed E-state index contributed by atoms with van der Waals surface area (Å²) in [5.41, 5.74) is 3.11. The molecule has 0 atom stereocenters. The second kappa shape index (κ2) is 10.1. The molecule has 0 aliphatic heterocycles. The Bertz CT molecular complexity index is 1100. The molecule has 8 nitrogen and oxygen atoms in total. The van der Waals surface area contributed by atoms with Crippen LogP contribution in [0.3, 0.4) is 0 Å². The van der Waals surface area contributed by atoms with E-state index in [1.807, 2.05) is 42.7 Å². The van der Waals surface area contributed by atoms with Crippen LogP contribution in [-0.4, -0.2) is 39.4 Å². The number of amides is 2. The summed E-state index contributed by atoms with van der Waals surface area (Å²) in [6.07, 6.45) is 0. The van der Waals surface area contributed by atoms with E-state index in [-0.39, 0.29) is 17.6 Å². The van der Waals surface area contributed by atoms with Gasteiger partial charge in [-0.25, -0.2) is 0 Å². The minimum Gasteiger partial charge on any atom is -0.497 e. The van der Waals surface area contributed by atoms with Gasteiger partial charge in [-0.1, -0.05) is 36.0 Å². The topological polar surface area (TPSA) is 98.1 Å². The Morgan fingerprint density at radius 2 is 1.87 bits per heavy atom. The van der Waals surface area contributed by atoms with E-state index in [4.69, 9.17) is 4.74 Å². The Morgan fingerprint density at radius 1 is 1.10 bits per heavy atom. The average Bonchev–Trinajstić information content (AvgIpc) is 3.16. The molecular weight excluding hydrogens is 414 g/mol. The Kier molecular flexibility index (Phi) is 7.30. The highest BCUT2D eigenvalue weighted by molar-refractivity contribution is 7.99. The number of aromatic nitrogens is 3. The van der Waals surface area contributed by atoms with E-state index in [2.05, 4.69) is 20.8 Å². The molecule has 2 amide bonds. The number of anilines is 2. The third-order valence-electron chi connectivity index (χ3n) is 4.56. The second-order valence-electron chi connectivity index (χ2n) is 6.79. The minimum atomic E-state index is -0.229. The number of nitrogens with zero attached hydrogens (tertiary/aromatic N) is 3. The number of aryl methyl sites for hydroxylation is 1. The number of hydrogen-bond acceptors (Lipinski definition) is 6. The highest BCUT2D eigenvalue weighted by Crippen LogP contribution is 2.29. The summed E-state index contributed by atoms with van der Waals surface area (Å²) in [6.45, 7) is 6.15. The molecule has 0 aliphatic carbocycles. The largest absolute Gasteiger partial charge is 0.497 e. The summed E-state index contributed by atoms with van der Waals surface area (Å²) in [5, 5.41) is 14.8. The molecule has 0 bridgehead atoms. The zero-order valence-corrected chi connectivity index (χ0v) is 18.7. The van der Waals surface area contributed by atoms with Crippen molar-refractivity contribution in [1.29, 1.82) is 0 Å². The monoisotopic (exact) mass is 439 g/mol. The van der Waals surface area contributed by atoms with Gasteiger partial charge < -0.3 is 19.9 Å². The molecule has 0 saturated heterocycles. The molecule has 3 aromatic rings. The molecule has 162 valence electrons. The number of thioether (sulfide) groups is 1. The van der Waals surface area contributed by atoms with Gasteiger partial charge in [0.2, 0.25) is 11.8 Å². The van der Waals surface area contributed by atoms with Crippen molar-refractivity contribution in [1.82, 2.24) is 14.8 Å². The minimum absolute atomic E-state index is 0.141. The van der Waals surface area contributed by atoms with Crippen molar-refractivity contribution < 1.29 is 14.3 Å². The normalized spacial score (nSPS) is 10.6. The van der Waals surface area contributed by atoms with Gasteiger partial charge >= 0.3 is 0 Å². The van der Waals surface area contributed by atoms with Gasteiger partial charge in [-0.2, -0.15) is 0 Å². The van der Waals surface area contributed by atoms with E-state index >= 15 is 0 Å². The van der Waals surface area contributed by atoms with E-state index < -0.39 is 0 Å². The van der Waals surface area contributed by atoms with Crippen LogP contribution in [-0.2, 0) is 16.1 Å². The van der Waals surface area contributed by atoms with Crippen LogP contribution < -0.4 is 15.4 Å². The number of methoxy groups -OCH3 is 1. The zero-order valence-electron chi connectivity index (χ0n) is 17.9. The highest BCUT2D eigenvalue weighted by atomic mass is 32.2. The van der Waals surface area contributed by atoms with Crippen LogP contribution in [0.4, 0.5) is 11.4 Å². The number of ether oxygens (including phenoxy) is 1. The molecule has 0 unspecified atom stereocenters. The predicted octanol–water partition coefficient (Wildman–Crippen LogP) is 3.97. The van der Waals surface area contributed by atoms with E-state index in [1.165, 1.54) is 18.7 Å². The number of nitrogens with one attached hydrogen (secondary N) is 2. The van der Waals surface area contributed by atoms with Gasteiger partial charge in [-0.05, 0) is 31.5 Å². The molecule has 1 heterocycles. The maximum Gasteiger partial charge on any atom is 0.234 e. The van der Waals surface area contributed by atoms with Crippen molar-refractivity contribution in [2.45, 2.75) is 32.5 Å². The third kappa shape index (κ3) is 5.43. The first kappa shape index (κ1) is 22.4. The number of benzene rings is 2. The van der Waals surface area contributed by atoms with Crippen LogP contribution in [0.25, 0.3) is 11.4 Å². The molecule has 0 fully saturated rings. The summed E-state index contributed by atoms with van der Waals surface area (Å²) in [4.78, 5) is 24.1. The van der Waals surface area contributed by atoms with Crippen LogP contribution in [0, 0.1) is 6.92 Å². The number of carbonyl (C=O) groups excluding carboxylic acids is 2. The first-order valence-electron chi connectivity index (χ1n) is 9.80. The molecule has 1 aromatic heterocycles. The quantitative estimate of drug-likeness (QED) is 0.516. The third-order valence-corrected chi connectivity index (χ3v) is 5.53. The van der Waals surface area contributed by atoms with Crippen molar-refractivity contribution in [3.8, 4) is 17.1 Å². The fraction of sp³-hybridized carbons (Fsp3) is 0.273. The molecule has 0 aliphatic rings. The van der Waals surface area contributed by atoms with Crippen molar-refractivity contribution in [3.05, 3.63) is 48.0 Å². The van der Waals surface area contributed by atoms with Crippen molar-refractivity contribution in [3.63, 3.8) is 0 Å². The van der Waals surface area contributed by atoms with Gasteiger partial charge in [-0.15, -0.1) is 10.2 Å². The molecule has 0 saturated carbocycles. The fourth-order valence-corrected chi connectivity index (χ4v) is 3.87. The second-order valence-corrected chi connectivity index (χ2v) is 7.74. The fourth-order valence-electron chi connectivity index (χ4n) is 3.07. The van der Waals surface area contributed by atoms with Crippen molar-refractivity contribution >= 4 is 35.0 Å². The Labute approximate surface area is 185 Å². The molecular formula is C22H25N5O3S. The lowest BCUT2D eigenvalue weighted by atomic mass is 10.1. The van der Waals surface area contributed by atoms with Crippen LogP contribution in [0.2, 0.25) is 0 Å². The van der Waals surface area contributed by atoms with E-state index in [9.17, 15) is 9.59 Å². The van der Waals surface area contributed by atoms with Gasteiger partial charge in [0.25, 0.3) is 0 Å². The standard InChI is InChI=1S/C22H25N5O3S/c1-5-27-21(17-9-7-6-8-14(17)2)25-26-22(27)31-13-20(29)24-19-12-16(30-4)10-11-18(19)23-15(3)28/h6-12H,5,13H2,1-4H3,(H,23,28)(H,24,29). The molecule has 3 rings (SSSR count). The van der Waals surface area contributed by atoms with Crippen molar-refractivity contribution in [2.75, 3.05) is 23.5 Å². The van der Waals surface area contributed by atoms with Crippen LogP contribution >= 0.6 is 11.8 Å². The molecule has 0 spiro atoms. The number of rotatable bonds is 8. The average molecular weight is 440 g/mol. The molecule has 9 heteroatoms. The van der Waals surface area contributed by atoms with E-state index in [0.717, 1.165) is 17.0 Å². The van der Waals surface area contributed by atoms with Gasteiger partial charge in [0.15, 0.2) is 11.0 Å². The Balaban J connectivity index is 1.73. The van der Waals surface area contributed by atoms with Crippen molar-refractivity contribution in [2.24, 2.45) is 0 Å². The molecule has 31 heavy (non-hydrogen) atoms. The highest BCUT2D eigenvalue weighted by Gasteiger charge is 2.16. The summed E-state index contributed by atoms with van der Waals surface area (Å²) < 4.78 is 7.21. The molecule has 2 N–H and O–H groups in total. The van der Waals surface area contributed by atoms with Crippen LogP contribution in [0.5, 0.6) is 5.75 Å². The van der Waals surface area contributed by atoms with Gasteiger partial charge in [0.1, 0.15) is 5.75 Å². The lowest BCUT2D eigenvalue weighted by Gasteiger charge is -2.13. The lowest BCUT2D eigenvalue weighted by Crippen LogP contribution is -2.17. The van der Waals surface area contributed by atoms with Gasteiger partial charge in [-0.3, -0.25) is 9.59 Å². The predicted molar refractivity (Wildman–Crippen MR) is 123 cm³/mol. The molecule has 2 aromatic carbocycles. The van der Waals surface area contributed by atoms with E-state index in [0.29, 0.717) is 28.8 Å². The lowest BCUT2D eigenvalue weighted by molar-refractivity contribution is -0.115. The first-order valence-corrected chi connectivity index (χ1v) is 10.8. The number of hydrogen-bond donors (Lipinski definition) is 2. The van der Waals surface area contributed by atoms with E-state index in [1.54, 1.807) is 25.3 Å².